The summed E-state index contributed by atoms with van der Waals surface area (Å²) in [6, 6.07) is 0. The van der Waals surface area contributed by atoms with Crippen molar-refractivity contribution < 1.29 is 4.43 Å². The van der Waals surface area contributed by atoms with Crippen molar-refractivity contribution in [1.82, 2.24) is 0 Å². The third-order valence-electron chi connectivity index (χ3n) is 0.813. The van der Waals surface area contributed by atoms with Crippen LogP contribution in [0.1, 0.15) is 0 Å². The maximum atomic E-state index is 5.60. The second-order valence-electron chi connectivity index (χ2n) is 3.00. The molecule has 0 bridgehead atoms. The Kier molecular flexibility index (Phi) is 5.29. The summed E-state index contributed by atoms with van der Waals surface area (Å²) in [5.74, 6) is 0. The van der Waals surface area contributed by atoms with Crippen molar-refractivity contribution in [2.24, 2.45) is 0 Å². The summed E-state index contributed by atoms with van der Waals surface area (Å²) >= 11 is -0.286. The van der Waals surface area contributed by atoms with Gasteiger partial charge in [-0.05, 0) is 19.6 Å². The molecule has 0 N–H and O–H groups in total. The Bertz CT molecular complexity index is 73.8. The first-order valence-corrected chi connectivity index (χ1v) is 9.81. The average Bonchev–Trinajstić information content (AvgIpc) is 1.63. The van der Waals surface area contributed by atoms with E-state index in [1.165, 1.54) is 0 Å². The van der Waals surface area contributed by atoms with Crippen LogP contribution in [0.15, 0.2) is 0 Å². The fourth-order valence-corrected chi connectivity index (χ4v) is 2.06. The van der Waals surface area contributed by atoms with Crippen LogP contribution in [0.25, 0.3) is 0 Å². The molecule has 0 aliphatic carbocycles. The van der Waals surface area contributed by atoms with Crippen LogP contribution >= 0.6 is 10.0 Å². The first-order valence-electron chi connectivity index (χ1n) is 3.26. The van der Waals surface area contributed by atoms with Gasteiger partial charge >= 0.3 is 14.3 Å². The Hall–Kier alpha value is 0.999. The van der Waals surface area contributed by atoms with E-state index in [0.717, 1.165) is 11.9 Å². The number of halogens is 1. The van der Waals surface area contributed by atoms with Crippen LogP contribution in [-0.4, -0.2) is 29.2 Å². The zero-order valence-electron chi connectivity index (χ0n) is 6.41. The van der Waals surface area contributed by atoms with Crippen molar-refractivity contribution >= 4 is 32.7 Å². The zero-order chi connectivity index (χ0) is 7.33. The molecule has 0 aliphatic heterocycles. The van der Waals surface area contributed by atoms with Crippen LogP contribution in [0, 0.1) is 0 Å². The normalized spacial score (nSPS) is 11.6. The van der Waals surface area contributed by atoms with Gasteiger partial charge in [-0.2, -0.15) is 0 Å². The molecule has 0 saturated carbocycles. The second kappa shape index (κ2) is 4.76. The maximum Gasteiger partial charge on any atom is 0.378 e. The molecule has 0 aromatic heterocycles. The highest BCUT2D eigenvalue weighted by Crippen LogP contribution is 2.02. The molecule has 0 aromatic carbocycles. The lowest BCUT2D eigenvalue weighted by atomic mass is 10.9. The fraction of sp³-hybridized carbons (Fsp3) is 1.00. The third kappa shape index (κ3) is 9.00. The van der Waals surface area contributed by atoms with Crippen LogP contribution in [0.2, 0.25) is 24.9 Å². The molecule has 0 spiro atoms. The van der Waals surface area contributed by atoms with Crippen LogP contribution in [-0.2, 0) is 4.43 Å². The predicted molar refractivity (Wildman–Crippen MR) is 47.1 cm³/mol. The van der Waals surface area contributed by atoms with Gasteiger partial charge in [0.05, 0.1) is 0 Å². The number of hydrogen-bond donors (Lipinski definition) is 0. The molecule has 1 nitrogen and oxygen atoms in total. The molecule has 0 fully saturated rings. The summed E-state index contributed by atoms with van der Waals surface area (Å²) in [6.07, 6.45) is 0. The molecule has 54 valence electrons. The molecule has 0 heterocycles. The summed E-state index contributed by atoms with van der Waals surface area (Å²) in [5, 5.41) is 1.12. The van der Waals surface area contributed by atoms with E-state index < -0.39 is 8.32 Å². The quantitative estimate of drug-likeness (QED) is 0.474. The van der Waals surface area contributed by atoms with Gasteiger partial charge in [-0.1, -0.05) is 5.28 Å². The monoisotopic (exact) mass is 180 g/mol. The van der Waals surface area contributed by atoms with Crippen molar-refractivity contribution in [2.75, 3.05) is 6.61 Å². The molecule has 9 heavy (non-hydrogen) atoms. The molecule has 0 aliphatic rings. The minimum atomic E-state index is -1.23. The topological polar surface area (TPSA) is 9.23 Å². The number of rotatable bonds is 4. The molecule has 0 rings (SSSR count). The van der Waals surface area contributed by atoms with Gasteiger partial charge in [-0.3, -0.25) is 10.0 Å². The number of hydrogen-bond acceptors (Lipinski definition) is 1. The van der Waals surface area contributed by atoms with Gasteiger partial charge in [-0.25, -0.2) is 0 Å². The third-order valence-corrected chi connectivity index (χ3v) is 3.24. The van der Waals surface area contributed by atoms with E-state index in [1.807, 2.05) is 0 Å². The van der Waals surface area contributed by atoms with Gasteiger partial charge in [-0.15, -0.1) is 0 Å². The molecule has 0 saturated heterocycles. The van der Waals surface area contributed by atoms with E-state index in [2.05, 4.69) is 19.6 Å². The van der Waals surface area contributed by atoms with E-state index >= 15 is 0 Å². The molecule has 0 amide bonds. The van der Waals surface area contributed by atoms with Crippen molar-refractivity contribution in [3.8, 4) is 0 Å². The van der Waals surface area contributed by atoms with E-state index in [9.17, 15) is 0 Å². The highest BCUT2D eigenvalue weighted by molar-refractivity contribution is 6.93. The summed E-state index contributed by atoms with van der Waals surface area (Å²) < 4.78 is 5.56. The van der Waals surface area contributed by atoms with E-state index in [1.54, 1.807) is 0 Å². The summed E-state index contributed by atoms with van der Waals surface area (Å²) in [4.78, 5) is 0. The zero-order valence-corrected chi connectivity index (χ0v) is 9.58. The highest BCUT2D eigenvalue weighted by atomic mass is 35.6. The van der Waals surface area contributed by atoms with Gasteiger partial charge in [0, 0.05) is 6.61 Å². The summed E-state index contributed by atoms with van der Waals surface area (Å²) in [6.45, 7) is 7.49. The van der Waals surface area contributed by atoms with Gasteiger partial charge in [0.2, 0.25) is 0 Å². The lowest BCUT2D eigenvalue weighted by molar-refractivity contribution is 0.334. The Morgan fingerprint density at radius 1 is 1.44 bits per heavy atom. The first-order chi connectivity index (χ1) is 4.06. The molecule has 0 radical (unpaired) electrons. The Morgan fingerprint density at radius 2 is 2.00 bits per heavy atom. The van der Waals surface area contributed by atoms with E-state index in [4.69, 9.17) is 14.5 Å². The maximum absolute atomic E-state index is 5.60. The van der Waals surface area contributed by atoms with E-state index in [0.29, 0.717) is 0 Å². The van der Waals surface area contributed by atoms with Crippen LogP contribution < -0.4 is 0 Å². The fourth-order valence-electron chi connectivity index (χ4n) is 0.433. The minimum Gasteiger partial charge on any atom is -0.419 e. The van der Waals surface area contributed by atoms with Crippen LogP contribution in [0.5, 0.6) is 0 Å². The van der Waals surface area contributed by atoms with Crippen LogP contribution in [0.4, 0.5) is 0 Å². The van der Waals surface area contributed by atoms with Crippen molar-refractivity contribution in [3.63, 3.8) is 0 Å². The standard InChI is InChI=1S/C5H13OSi.Al.ClH.H/c1-5-6-7(2,3)4;;;/h1,5H2,2-4H3;;1H;/q;+1;;/p-1. The van der Waals surface area contributed by atoms with Gasteiger partial charge in [0.25, 0.3) is 0 Å². The minimum absolute atomic E-state index is 0.286. The highest BCUT2D eigenvalue weighted by Gasteiger charge is 2.12. The molecular formula is C5H14AlClOSi. The predicted octanol–water partition coefficient (Wildman–Crippen LogP) is 1.85. The molecular weight excluding hydrogens is 167 g/mol. The van der Waals surface area contributed by atoms with Gasteiger partial charge in [0.15, 0.2) is 8.32 Å². The lowest BCUT2D eigenvalue weighted by Gasteiger charge is -2.15. The molecule has 4 heteroatoms. The smallest absolute Gasteiger partial charge is 0.378 e. The summed E-state index contributed by atoms with van der Waals surface area (Å²) in [5.41, 5.74) is 0. The van der Waals surface area contributed by atoms with Gasteiger partial charge < -0.3 is 4.43 Å². The van der Waals surface area contributed by atoms with E-state index in [-0.39, 0.29) is 14.3 Å². The Morgan fingerprint density at radius 3 is 2.33 bits per heavy atom. The SMILES string of the molecule is C[Si](C)(C)OC[CH2][AlH][Cl]. The average molecular weight is 181 g/mol. The summed E-state index contributed by atoms with van der Waals surface area (Å²) in [7, 11) is 4.37. The Balaban J connectivity index is 3.07. The largest absolute Gasteiger partial charge is 0.419 e. The van der Waals surface area contributed by atoms with Crippen LogP contribution in [0.3, 0.4) is 0 Å². The second-order valence-corrected chi connectivity index (χ2v) is 9.74. The van der Waals surface area contributed by atoms with Gasteiger partial charge in [0.1, 0.15) is 0 Å². The van der Waals surface area contributed by atoms with Crippen molar-refractivity contribution in [1.29, 1.82) is 0 Å². The first kappa shape index (κ1) is 10.00. The Labute approximate surface area is 68.8 Å². The molecule has 0 unspecified atom stereocenters. The van der Waals surface area contributed by atoms with Crippen molar-refractivity contribution in [3.05, 3.63) is 0 Å². The molecule has 0 aromatic rings. The lowest BCUT2D eigenvalue weighted by Crippen LogP contribution is -2.25. The molecule has 0 atom stereocenters. The van der Waals surface area contributed by atoms with Crippen molar-refractivity contribution in [2.45, 2.75) is 24.9 Å².